The van der Waals surface area contributed by atoms with Crippen LogP contribution in [0.15, 0.2) is 28.7 Å². The molecule has 0 aliphatic heterocycles. The zero-order valence-corrected chi connectivity index (χ0v) is 24.7. The van der Waals surface area contributed by atoms with Gasteiger partial charge in [-0.05, 0) is 87.4 Å². The molecular weight excluding hydrogens is 552 g/mol. The topological polar surface area (TPSA) is 168 Å². The highest BCUT2D eigenvalue weighted by molar-refractivity contribution is 6.32. The summed E-state index contributed by atoms with van der Waals surface area (Å²) in [5.41, 5.74) is 3.76. The number of hydrogen-bond acceptors (Lipinski definition) is 9. The number of carbonyl (C=O) groups is 5. The molecule has 3 fully saturated rings. The summed E-state index contributed by atoms with van der Waals surface area (Å²) in [5, 5.41) is 22.6. The van der Waals surface area contributed by atoms with Crippen LogP contribution >= 0.6 is 0 Å². The van der Waals surface area contributed by atoms with Crippen LogP contribution in [0.4, 0.5) is 0 Å². The van der Waals surface area contributed by atoms with Gasteiger partial charge in [-0.2, -0.15) is 0 Å². The van der Waals surface area contributed by atoms with Crippen molar-refractivity contribution in [3.05, 3.63) is 41.2 Å². The predicted molar refractivity (Wildman–Crippen MR) is 154 cm³/mol. The molecule has 228 valence electrons. The summed E-state index contributed by atoms with van der Waals surface area (Å²) in [6.07, 6.45) is 5.74. The minimum atomic E-state index is -2.74. The maximum atomic E-state index is 14.0. The standard InChI is InChI=1S/C33H38N2O8/c1-15-4-6-16(7-5-15)12-18-8-11-23(43-18)19-9-10-22(36)25-20(19)13-17-14-21-27(35(2)3)29(38)26(32(34)41)31(40)33(21,42)30(39)24(17)28(25)37/h8-11,15-17,21,24,26-27,36,42H,4-7,12-14H2,1-3H3,(H2,34,41)/t15?,16?,17-,21-,24?,26?,27-,33-/m0/s1. The molecule has 1 aromatic heterocycles. The number of phenols is 1. The molecule has 2 aromatic rings. The van der Waals surface area contributed by atoms with Gasteiger partial charge in [0, 0.05) is 17.9 Å². The number of carbonyl (C=O) groups excluding carboxylic acids is 5. The van der Waals surface area contributed by atoms with Gasteiger partial charge in [0.05, 0.1) is 17.5 Å². The molecular formula is C33H38N2O8. The van der Waals surface area contributed by atoms with Gasteiger partial charge in [0.1, 0.15) is 17.3 Å². The van der Waals surface area contributed by atoms with E-state index in [4.69, 9.17) is 10.2 Å². The van der Waals surface area contributed by atoms with Crippen LogP contribution in [0, 0.1) is 35.5 Å². The molecule has 3 saturated carbocycles. The molecule has 10 heteroatoms. The molecule has 1 aromatic carbocycles. The number of likely N-dealkylation sites (N-methyl/N-ethyl adjacent to an activating group) is 1. The van der Waals surface area contributed by atoms with Crippen molar-refractivity contribution in [2.45, 2.75) is 63.5 Å². The number of furan rings is 1. The summed E-state index contributed by atoms with van der Waals surface area (Å²) in [6.45, 7) is 2.28. The number of nitrogens with two attached hydrogens (primary N) is 1. The molecule has 0 spiro atoms. The van der Waals surface area contributed by atoms with Gasteiger partial charge in [-0.15, -0.1) is 0 Å². The molecule has 4 aliphatic carbocycles. The molecule has 0 saturated heterocycles. The summed E-state index contributed by atoms with van der Waals surface area (Å²) >= 11 is 0. The fourth-order valence-corrected chi connectivity index (χ4v) is 8.29. The first-order valence-electron chi connectivity index (χ1n) is 15.1. The number of Topliss-reactive ketones (excluding diaryl/α,β-unsaturated/α-hetero) is 4. The SMILES string of the molecule is CC1CCC(Cc2ccc(-c3ccc(O)c4c3C[C@H]3C[C@H]5[C@H](N(C)C)C(=O)C(C(N)=O)C(=O)[C@@]5(O)C(=O)C3C4=O)o2)CC1. The molecule has 4 aliphatic rings. The molecule has 10 nitrogen and oxygen atoms in total. The monoisotopic (exact) mass is 590 g/mol. The van der Waals surface area contributed by atoms with E-state index in [1.807, 2.05) is 12.1 Å². The molecule has 0 bridgehead atoms. The minimum Gasteiger partial charge on any atom is -0.507 e. The van der Waals surface area contributed by atoms with Crippen molar-refractivity contribution in [2.24, 2.45) is 41.2 Å². The van der Waals surface area contributed by atoms with Gasteiger partial charge >= 0.3 is 0 Å². The van der Waals surface area contributed by atoms with Crippen molar-refractivity contribution >= 4 is 29.0 Å². The highest BCUT2D eigenvalue weighted by Gasteiger charge is 2.69. The first kappa shape index (κ1) is 29.4. The van der Waals surface area contributed by atoms with E-state index in [1.54, 1.807) is 20.2 Å². The lowest BCUT2D eigenvalue weighted by Crippen LogP contribution is -2.74. The van der Waals surface area contributed by atoms with Crippen molar-refractivity contribution in [1.29, 1.82) is 0 Å². The fourth-order valence-electron chi connectivity index (χ4n) is 8.29. The average Bonchev–Trinajstić information content (AvgIpc) is 3.40. The Hall–Kier alpha value is -3.63. The van der Waals surface area contributed by atoms with E-state index < -0.39 is 64.4 Å². The number of hydrogen-bond donors (Lipinski definition) is 3. The Labute approximate surface area is 249 Å². The van der Waals surface area contributed by atoms with Gasteiger partial charge in [0.25, 0.3) is 0 Å². The van der Waals surface area contributed by atoms with Gasteiger partial charge in [-0.25, -0.2) is 0 Å². The van der Waals surface area contributed by atoms with Crippen LogP contribution in [0.25, 0.3) is 11.3 Å². The third-order valence-corrected chi connectivity index (χ3v) is 10.5. The Morgan fingerprint density at radius 2 is 1.74 bits per heavy atom. The lowest BCUT2D eigenvalue weighted by molar-refractivity contribution is -0.181. The highest BCUT2D eigenvalue weighted by atomic mass is 16.3. The molecule has 6 rings (SSSR count). The summed E-state index contributed by atoms with van der Waals surface area (Å²) in [7, 11) is 3.13. The molecule has 43 heavy (non-hydrogen) atoms. The smallest absolute Gasteiger partial charge is 0.235 e. The molecule has 1 heterocycles. The summed E-state index contributed by atoms with van der Waals surface area (Å²) < 4.78 is 6.27. The van der Waals surface area contributed by atoms with E-state index in [2.05, 4.69) is 6.92 Å². The zero-order valence-electron chi connectivity index (χ0n) is 24.7. The van der Waals surface area contributed by atoms with Crippen LogP contribution in [0.5, 0.6) is 5.75 Å². The molecule has 1 amide bonds. The van der Waals surface area contributed by atoms with Crippen LogP contribution in [-0.2, 0) is 32.0 Å². The van der Waals surface area contributed by atoms with Crippen molar-refractivity contribution in [3.63, 3.8) is 0 Å². The number of phenolic OH excluding ortho intramolecular Hbond substituents is 1. The largest absolute Gasteiger partial charge is 0.507 e. The molecule has 0 radical (unpaired) electrons. The first-order valence-corrected chi connectivity index (χ1v) is 15.1. The van der Waals surface area contributed by atoms with Crippen molar-refractivity contribution in [1.82, 2.24) is 4.90 Å². The quantitative estimate of drug-likeness (QED) is 0.443. The van der Waals surface area contributed by atoms with E-state index in [1.165, 1.54) is 23.8 Å². The predicted octanol–water partition coefficient (Wildman–Crippen LogP) is 2.50. The number of benzene rings is 1. The van der Waals surface area contributed by atoms with Gasteiger partial charge in [-0.3, -0.25) is 28.9 Å². The number of rotatable bonds is 5. The Morgan fingerprint density at radius 3 is 2.40 bits per heavy atom. The van der Waals surface area contributed by atoms with Crippen LogP contribution < -0.4 is 5.73 Å². The summed E-state index contributed by atoms with van der Waals surface area (Å²) in [5.74, 6) is -7.88. The second-order valence-corrected chi connectivity index (χ2v) is 13.4. The summed E-state index contributed by atoms with van der Waals surface area (Å²) in [6, 6.07) is 5.75. The van der Waals surface area contributed by atoms with E-state index in [9.17, 15) is 34.2 Å². The Morgan fingerprint density at radius 1 is 1.05 bits per heavy atom. The number of aromatic hydroxyl groups is 1. The summed E-state index contributed by atoms with van der Waals surface area (Å²) in [4.78, 5) is 68.3. The second kappa shape index (κ2) is 10.5. The lowest BCUT2D eigenvalue weighted by atomic mass is 9.52. The van der Waals surface area contributed by atoms with Gasteiger partial charge in [0.15, 0.2) is 34.7 Å². The highest BCUT2D eigenvalue weighted by Crippen LogP contribution is 2.52. The van der Waals surface area contributed by atoms with Crippen LogP contribution in [-0.4, -0.2) is 69.9 Å². The molecule has 4 N–H and O–H groups in total. The fraction of sp³-hybridized carbons (Fsp3) is 0.545. The van der Waals surface area contributed by atoms with E-state index in [-0.39, 0.29) is 24.2 Å². The first-order chi connectivity index (χ1) is 20.3. The molecule has 2 unspecified atom stereocenters. The van der Waals surface area contributed by atoms with Gasteiger partial charge in [0.2, 0.25) is 5.91 Å². The van der Waals surface area contributed by atoms with Crippen LogP contribution in [0.3, 0.4) is 0 Å². The lowest BCUT2D eigenvalue weighted by Gasteiger charge is -2.52. The van der Waals surface area contributed by atoms with Crippen LogP contribution in [0.2, 0.25) is 0 Å². The zero-order chi connectivity index (χ0) is 31.0. The maximum absolute atomic E-state index is 14.0. The number of nitrogens with zero attached hydrogens (tertiary/aromatic N) is 1. The minimum absolute atomic E-state index is 0.00248. The number of aliphatic hydroxyl groups is 1. The Bertz CT molecular complexity index is 1530. The third kappa shape index (κ3) is 4.49. The van der Waals surface area contributed by atoms with Gasteiger partial charge in [-0.1, -0.05) is 19.8 Å². The number of ketones is 4. The second-order valence-electron chi connectivity index (χ2n) is 13.4. The number of amides is 1. The van der Waals surface area contributed by atoms with E-state index >= 15 is 0 Å². The van der Waals surface area contributed by atoms with Crippen molar-refractivity contribution in [3.8, 4) is 17.1 Å². The number of primary amides is 1. The van der Waals surface area contributed by atoms with E-state index in [0.717, 1.165) is 30.9 Å². The Balaban J connectivity index is 1.37. The van der Waals surface area contributed by atoms with E-state index in [0.29, 0.717) is 22.8 Å². The van der Waals surface area contributed by atoms with Gasteiger partial charge < -0.3 is 20.4 Å². The number of fused-ring (bicyclic) bond motifs is 3. The van der Waals surface area contributed by atoms with Crippen molar-refractivity contribution < 1.29 is 38.6 Å². The maximum Gasteiger partial charge on any atom is 0.235 e. The van der Waals surface area contributed by atoms with Crippen LogP contribution in [0.1, 0.15) is 60.7 Å². The third-order valence-electron chi connectivity index (χ3n) is 10.5. The molecule has 6 atom stereocenters. The Kier molecular flexibility index (Phi) is 7.20. The normalized spacial score (nSPS) is 34.1. The van der Waals surface area contributed by atoms with Crippen molar-refractivity contribution in [2.75, 3.05) is 14.1 Å². The average molecular weight is 591 g/mol.